The lowest BCUT2D eigenvalue weighted by Gasteiger charge is -2.31. The fourth-order valence-corrected chi connectivity index (χ4v) is 4.64. The Labute approximate surface area is 184 Å². The Morgan fingerprint density at radius 2 is 1.07 bits per heavy atom. The maximum atomic E-state index is 11.8. The first-order valence-corrected chi connectivity index (χ1v) is 11.4. The van der Waals surface area contributed by atoms with Crippen molar-refractivity contribution in [3.05, 3.63) is 0 Å². The molecule has 0 amide bonds. The fraction of sp³-hybridized carbons (Fsp3) is 0.917. The molecule has 0 aliphatic rings. The van der Waals surface area contributed by atoms with Gasteiger partial charge in [0.25, 0.3) is 0 Å². The number of nitrogens with zero attached hydrogens (tertiary/aromatic N) is 1. The molecule has 0 saturated carbocycles. The molecule has 0 spiro atoms. The Bertz CT molecular complexity index is 477. The monoisotopic (exact) mass is 429 g/mol. The summed E-state index contributed by atoms with van der Waals surface area (Å²) in [5, 5.41) is 28.9. The lowest BCUT2D eigenvalue weighted by atomic mass is 9.78. The molecule has 0 radical (unpaired) electrons. The summed E-state index contributed by atoms with van der Waals surface area (Å²) in [5.41, 5.74) is 0.131. The Morgan fingerprint density at radius 1 is 0.733 bits per heavy atom. The molecule has 0 aliphatic carbocycles. The van der Waals surface area contributed by atoms with Crippen LogP contribution in [0.1, 0.15) is 81.1 Å². The average Bonchev–Trinajstić information content (AvgIpc) is 2.50. The SMILES string of the molecule is CC(CC(C)(C)C)C(CCN(CCO)CCC(C(=O)O)C(C)CC(C)(C)C)C(=O)O. The number of aliphatic carboxylic acids is 2. The average molecular weight is 430 g/mol. The van der Waals surface area contributed by atoms with Gasteiger partial charge in [0.2, 0.25) is 0 Å². The van der Waals surface area contributed by atoms with Crippen molar-refractivity contribution in [1.82, 2.24) is 4.90 Å². The van der Waals surface area contributed by atoms with Crippen molar-refractivity contribution in [3.8, 4) is 0 Å². The molecular formula is C24H47NO5. The number of carboxylic acids is 2. The zero-order chi connectivity index (χ0) is 23.7. The highest BCUT2D eigenvalue weighted by Crippen LogP contribution is 2.32. The summed E-state index contributed by atoms with van der Waals surface area (Å²) in [7, 11) is 0. The normalized spacial score (nSPS) is 16.9. The molecule has 0 aliphatic heterocycles. The van der Waals surface area contributed by atoms with Gasteiger partial charge in [-0.25, -0.2) is 0 Å². The molecular weight excluding hydrogens is 382 g/mol. The summed E-state index contributed by atoms with van der Waals surface area (Å²) >= 11 is 0. The van der Waals surface area contributed by atoms with Crippen LogP contribution in [0, 0.1) is 34.5 Å². The molecule has 0 saturated heterocycles. The standard InChI is InChI=1S/C24H47NO5/c1-17(15-23(3,4)5)19(21(27)28)9-11-25(13-14-26)12-10-20(22(29)30)18(2)16-24(6,7)8/h17-20,26H,9-16H2,1-8H3,(H,27,28)(H,29,30). The van der Waals surface area contributed by atoms with Crippen molar-refractivity contribution in [2.45, 2.75) is 81.1 Å². The minimum atomic E-state index is -0.780. The van der Waals surface area contributed by atoms with Crippen LogP contribution in [0.25, 0.3) is 0 Å². The van der Waals surface area contributed by atoms with Gasteiger partial charge in [-0.3, -0.25) is 9.59 Å². The van der Waals surface area contributed by atoms with Crippen LogP contribution in [-0.2, 0) is 9.59 Å². The van der Waals surface area contributed by atoms with Gasteiger partial charge < -0.3 is 20.2 Å². The largest absolute Gasteiger partial charge is 0.481 e. The second-order valence-electron chi connectivity index (χ2n) is 11.5. The van der Waals surface area contributed by atoms with E-state index >= 15 is 0 Å². The molecule has 6 heteroatoms. The van der Waals surface area contributed by atoms with E-state index in [1.165, 1.54) is 0 Å². The van der Waals surface area contributed by atoms with E-state index in [1.807, 2.05) is 18.7 Å². The predicted octanol–water partition coefficient (Wildman–Crippen LogP) is 4.61. The van der Waals surface area contributed by atoms with E-state index in [0.29, 0.717) is 32.5 Å². The predicted molar refractivity (Wildman–Crippen MR) is 121 cm³/mol. The van der Waals surface area contributed by atoms with Gasteiger partial charge in [-0.15, -0.1) is 0 Å². The van der Waals surface area contributed by atoms with Crippen molar-refractivity contribution in [3.63, 3.8) is 0 Å². The van der Waals surface area contributed by atoms with Crippen LogP contribution in [0.4, 0.5) is 0 Å². The van der Waals surface area contributed by atoms with Crippen LogP contribution in [-0.4, -0.2) is 58.4 Å². The lowest BCUT2D eigenvalue weighted by Crippen LogP contribution is -2.36. The molecule has 0 fully saturated rings. The van der Waals surface area contributed by atoms with E-state index in [0.717, 1.165) is 12.8 Å². The van der Waals surface area contributed by atoms with Crippen molar-refractivity contribution in [2.75, 3.05) is 26.2 Å². The zero-order valence-electron chi connectivity index (χ0n) is 20.6. The van der Waals surface area contributed by atoms with Gasteiger partial charge in [0.05, 0.1) is 18.4 Å². The second kappa shape index (κ2) is 12.7. The van der Waals surface area contributed by atoms with E-state index < -0.39 is 23.8 Å². The third-order valence-electron chi connectivity index (χ3n) is 5.81. The van der Waals surface area contributed by atoms with Crippen LogP contribution in [0.3, 0.4) is 0 Å². The van der Waals surface area contributed by atoms with Crippen LogP contribution in [0.5, 0.6) is 0 Å². The molecule has 30 heavy (non-hydrogen) atoms. The van der Waals surface area contributed by atoms with Crippen LogP contribution in [0.15, 0.2) is 0 Å². The maximum absolute atomic E-state index is 11.8. The minimum absolute atomic E-state index is 0.0232. The number of aliphatic hydroxyl groups excluding tert-OH is 1. The Hall–Kier alpha value is -1.14. The van der Waals surface area contributed by atoms with Crippen molar-refractivity contribution in [1.29, 1.82) is 0 Å². The summed E-state index contributed by atoms with van der Waals surface area (Å²) in [6.07, 6.45) is 2.66. The molecule has 0 aromatic heterocycles. The van der Waals surface area contributed by atoms with E-state index in [-0.39, 0.29) is 29.3 Å². The van der Waals surface area contributed by atoms with E-state index in [1.54, 1.807) is 0 Å². The smallest absolute Gasteiger partial charge is 0.306 e. The highest BCUT2D eigenvalue weighted by atomic mass is 16.4. The first-order valence-electron chi connectivity index (χ1n) is 11.4. The number of rotatable bonds is 14. The first-order chi connectivity index (χ1) is 13.6. The number of aliphatic hydroxyl groups is 1. The molecule has 0 heterocycles. The highest BCUT2D eigenvalue weighted by Gasteiger charge is 2.30. The molecule has 0 aromatic rings. The lowest BCUT2D eigenvalue weighted by molar-refractivity contribution is -0.144. The number of hydrogen-bond donors (Lipinski definition) is 3. The topological polar surface area (TPSA) is 98.1 Å². The summed E-state index contributed by atoms with van der Waals surface area (Å²) < 4.78 is 0. The minimum Gasteiger partial charge on any atom is -0.481 e. The number of carbonyl (C=O) groups is 2. The Kier molecular flexibility index (Phi) is 12.2. The van der Waals surface area contributed by atoms with E-state index in [2.05, 4.69) is 41.5 Å². The molecule has 3 N–H and O–H groups in total. The van der Waals surface area contributed by atoms with Crippen molar-refractivity contribution < 1.29 is 24.9 Å². The molecule has 6 nitrogen and oxygen atoms in total. The van der Waals surface area contributed by atoms with Gasteiger partial charge in [-0.05, 0) is 61.4 Å². The summed E-state index contributed by atoms with van der Waals surface area (Å²) in [6.45, 7) is 18.2. The van der Waals surface area contributed by atoms with Gasteiger partial charge >= 0.3 is 11.9 Å². The molecule has 0 bridgehead atoms. The third-order valence-corrected chi connectivity index (χ3v) is 5.81. The van der Waals surface area contributed by atoms with Gasteiger partial charge in [0, 0.05) is 6.54 Å². The number of carboxylic acid groups (broad SMARTS) is 2. The summed E-state index contributed by atoms with van der Waals surface area (Å²) in [6, 6.07) is 0. The van der Waals surface area contributed by atoms with Crippen LogP contribution in [0.2, 0.25) is 0 Å². The molecule has 0 aromatic carbocycles. The first kappa shape index (κ1) is 28.9. The van der Waals surface area contributed by atoms with E-state index in [9.17, 15) is 24.9 Å². The Balaban J connectivity index is 5.01. The summed E-state index contributed by atoms with van der Waals surface area (Å²) in [5.74, 6) is -2.34. The van der Waals surface area contributed by atoms with Crippen molar-refractivity contribution in [2.24, 2.45) is 34.5 Å². The van der Waals surface area contributed by atoms with E-state index in [4.69, 9.17) is 0 Å². The zero-order valence-corrected chi connectivity index (χ0v) is 20.6. The van der Waals surface area contributed by atoms with Crippen LogP contribution >= 0.6 is 0 Å². The molecule has 4 unspecified atom stereocenters. The maximum Gasteiger partial charge on any atom is 0.306 e. The highest BCUT2D eigenvalue weighted by molar-refractivity contribution is 5.70. The number of hydrogen-bond acceptors (Lipinski definition) is 4. The fourth-order valence-electron chi connectivity index (χ4n) is 4.64. The van der Waals surface area contributed by atoms with Crippen molar-refractivity contribution >= 4 is 11.9 Å². The Morgan fingerprint density at radius 3 is 1.30 bits per heavy atom. The molecule has 4 atom stereocenters. The molecule has 178 valence electrons. The van der Waals surface area contributed by atoms with Gasteiger partial charge in [-0.1, -0.05) is 55.4 Å². The van der Waals surface area contributed by atoms with Gasteiger partial charge in [0.1, 0.15) is 0 Å². The third kappa shape index (κ3) is 12.5. The second-order valence-corrected chi connectivity index (χ2v) is 11.5. The molecule has 0 rings (SSSR count). The van der Waals surface area contributed by atoms with Gasteiger partial charge in [0.15, 0.2) is 0 Å². The summed E-state index contributed by atoms with van der Waals surface area (Å²) in [4.78, 5) is 25.7. The quantitative estimate of drug-likeness (QED) is 0.373. The van der Waals surface area contributed by atoms with Gasteiger partial charge in [-0.2, -0.15) is 0 Å². The van der Waals surface area contributed by atoms with Crippen LogP contribution < -0.4 is 0 Å².